The number of carboxylic acids is 1. The van der Waals surface area contributed by atoms with E-state index < -0.39 is 5.97 Å². The van der Waals surface area contributed by atoms with Crippen LogP contribution in [0.25, 0.3) is 0 Å². The standard InChI is InChI=1S/C11H10N2O4/c14-9-6-13(10(15)5-12-9)8-4-2-1-3-7(8)11(16)17/h1-4H,5-6H2,(H,12,14)(H,16,17). The lowest BCUT2D eigenvalue weighted by molar-refractivity contribution is -0.128. The van der Waals surface area contributed by atoms with Crippen LogP contribution in [0.5, 0.6) is 0 Å². The lowest BCUT2D eigenvalue weighted by Crippen LogP contribution is -2.52. The van der Waals surface area contributed by atoms with Gasteiger partial charge < -0.3 is 15.3 Å². The van der Waals surface area contributed by atoms with Gasteiger partial charge in [-0.1, -0.05) is 12.1 Å². The summed E-state index contributed by atoms with van der Waals surface area (Å²) in [5.74, 6) is -1.75. The SMILES string of the molecule is O=C1CN(c2ccccc2C(=O)O)C(=O)CN1. The molecule has 2 N–H and O–H groups in total. The molecule has 0 atom stereocenters. The Morgan fingerprint density at radius 2 is 2.00 bits per heavy atom. The van der Waals surface area contributed by atoms with Gasteiger partial charge in [0.1, 0.15) is 6.54 Å². The van der Waals surface area contributed by atoms with E-state index in [4.69, 9.17) is 5.11 Å². The fourth-order valence-corrected chi connectivity index (χ4v) is 1.67. The van der Waals surface area contributed by atoms with E-state index in [2.05, 4.69) is 5.32 Å². The predicted octanol–water partition coefficient (Wildman–Crippen LogP) is -0.152. The number of nitrogens with one attached hydrogen (secondary N) is 1. The molecule has 0 radical (unpaired) electrons. The molecule has 0 aromatic heterocycles. The van der Waals surface area contributed by atoms with Gasteiger partial charge in [0.2, 0.25) is 11.8 Å². The van der Waals surface area contributed by atoms with Gasteiger partial charge in [-0.05, 0) is 12.1 Å². The summed E-state index contributed by atoms with van der Waals surface area (Å²) >= 11 is 0. The van der Waals surface area contributed by atoms with E-state index >= 15 is 0 Å². The van der Waals surface area contributed by atoms with Gasteiger partial charge in [0.05, 0.1) is 17.8 Å². The zero-order valence-corrected chi connectivity index (χ0v) is 8.84. The van der Waals surface area contributed by atoms with Crippen LogP contribution in [0, 0.1) is 0 Å². The quantitative estimate of drug-likeness (QED) is 0.744. The third-order valence-electron chi connectivity index (χ3n) is 2.46. The third kappa shape index (κ3) is 2.10. The second kappa shape index (κ2) is 4.25. The molecule has 0 bridgehead atoms. The minimum Gasteiger partial charge on any atom is -0.478 e. The van der Waals surface area contributed by atoms with Crippen molar-refractivity contribution in [2.45, 2.75) is 0 Å². The number of carbonyl (C=O) groups excluding carboxylic acids is 2. The maximum Gasteiger partial charge on any atom is 0.337 e. The van der Waals surface area contributed by atoms with Crippen molar-refractivity contribution < 1.29 is 19.5 Å². The molecule has 0 unspecified atom stereocenters. The molecule has 2 rings (SSSR count). The topological polar surface area (TPSA) is 86.7 Å². The van der Waals surface area contributed by atoms with E-state index in [9.17, 15) is 14.4 Å². The first-order valence-electron chi connectivity index (χ1n) is 4.99. The van der Waals surface area contributed by atoms with Crippen molar-refractivity contribution in [2.75, 3.05) is 18.0 Å². The summed E-state index contributed by atoms with van der Waals surface area (Å²) < 4.78 is 0. The van der Waals surface area contributed by atoms with Crippen molar-refractivity contribution in [3.8, 4) is 0 Å². The number of nitrogens with zero attached hydrogens (tertiary/aromatic N) is 1. The lowest BCUT2D eigenvalue weighted by Gasteiger charge is -2.27. The number of hydrogen-bond donors (Lipinski definition) is 2. The van der Waals surface area contributed by atoms with Crippen molar-refractivity contribution >= 4 is 23.5 Å². The molecule has 6 heteroatoms. The zero-order chi connectivity index (χ0) is 12.4. The Labute approximate surface area is 96.8 Å². The molecule has 0 aliphatic carbocycles. The highest BCUT2D eigenvalue weighted by molar-refractivity contribution is 6.08. The highest BCUT2D eigenvalue weighted by Crippen LogP contribution is 2.21. The third-order valence-corrected chi connectivity index (χ3v) is 2.46. The summed E-state index contributed by atoms with van der Waals surface area (Å²) in [5.41, 5.74) is 0.260. The molecule has 1 aliphatic heterocycles. The van der Waals surface area contributed by atoms with Crippen molar-refractivity contribution in [1.29, 1.82) is 0 Å². The molecule has 1 saturated heterocycles. The summed E-state index contributed by atoms with van der Waals surface area (Å²) in [6.07, 6.45) is 0. The molecule has 2 amide bonds. The van der Waals surface area contributed by atoms with Crippen molar-refractivity contribution in [3.05, 3.63) is 29.8 Å². The zero-order valence-electron chi connectivity index (χ0n) is 8.84. The van der Waals surface area contributed by atoms with E-state index in [-0.39, 0.29) is 36.2 Å². The molecule has 0 spiro atoms. The summed E-state index contributed by atoms with van der Waals surface area (Å²) in [5, 5.41) is 11.4. The van der Waals surface area contributed by atoms with Gasteiger partial charge in [-0.3, -0.25) is 9.59 Å². The highest BCUT2D eigenvalue weighted by Gasteiger charge is 2.27. The fourth-order valence-electron chi connectivity index (χ4n) is 1.67. The first kappa shape index (κ1) is 11.1. The second-order valence-electron chi connectivity index (χ2n) is 3.58. The van der Waals surface area contributed by atoms with E-state index in [1.165, 1.54) is 17.0 Å². The Morgan fingerprint density at radius 1 is 1.29 bits per heavy atom. The molecular weight excluding hydrogens is 224 g/mol. The molecule has 1 fully saturated rings. The largest absolute Gasteiger partial charge is 0.478 e. The van der Waals surface area contributed by atoms with Crippen LogP contribution in [0.2, 0.25) is 0 Å². The molecular formula is C11H10N2O4. The van der Waals surface area contributed by atoms with E-state index in [1.807, 2.05) is 0 Å². The number of benzene rings is 1. The van der Waals surface area contributed by atoms with Crippen LogP contribution in [0.3, 0.4) is 0 Å². The van der Waals surface area contributed by atoms with Crippen LogP contribution >= 0.6 is 0 Å². The number of aromatic carboxylic acids is 1. The summed E-state index contributed by atoms with van der Waals surface area (Å²) in [6, 6.07) is 6.11. The molecule has 1 aromatic rings. The van der Waals surface area contributed by atoms with Gasteiger partial charge >= 0.3 is 5.97 Å². The fraction of sp³-hybridized carbons (Fsp3) is 0.182. The number of anilines is 1. The minimum absolute atomic E-state index is 0.00977. The van der Waals surface area contributed by atoms with Gasteiger partial charge in [0.15, 0.2) is 0 Å². The number of hydrogen-bond acceptors (Lipinski definition) is 3. The maximum atomic E-state index is 11.6. The molecule has 0 saturated carbocycles. The van der Waals surface area contributed by atoms with Crippen molar-refractivity contribution in [1.82, 2.24) is 5.32 Å². The van der Waals surface area contributed by atoms with Crippen LogP contribution in [-0.2, 0) is 9.59 Å². The average Bonchev–Trinajstić information content (AvgIpc) is 2.32. The van der Waals surface area contributed by atoms with Crippen molar-refractivity contribution in [3.63, 3.8) is 0 Å². The Morgan fingerprint density at radius 3 is 2.71 bits per heavy atom. The maximum absolute atomic E-state index is 11.6. The monoisotopic (exact) mass is 234 g/mol. The molecule has 1 aliphatic rings. The Bertz CT molecular complexity index is 498. The Balaban J connectivity index is 2.42. The number of amides is 2. The van der Waals surface area contributed by atoms with E-state index in [0.717, 1.165) is 0 Å². The molecule has 17 heavy (non-hydrogen) atoms. The molecule has 1 aromatic carbocycles. The number of para-hydroxylation sites is 1. The molecule has 6 nitrogen and oxygen atoms in total. The number of piperazine rings is 1. The van der Waals surface area contributed by atoms with Crippen LogP contribution < -0.4 is 10.2 Å². The Hall–Kier alpha value is -2.37. The number of rotatable bonds is 2. The second-order valence-corrected chi connectivity index (χ2v) is 3.58. The smallest absolute Gasteiger partial charge is 0.337 e. The van der Waals surface area contributed by atoms with Crippen molar-refractivity contribution in [2.24, 2.45) is 0 Å². The summed E-state index contributed by atoms with van der Waals surface area (Å²) in [6.45, 7) is -0.254. The van der Waals surface area contributed by atoms with Crippen LogP contribution in [0.4, 0.5) is 5.69 Å². The van der Waals surface area contributed by atoms with Gasteiger partial charge in [-0.2, -0.15) is 0 Å². The van der Waals surface area contributed by atoms with Gasteiger partial charge in [0.25, 0.3) is 0 Å². The first-order valence-corrected chi connectivity index (χ1v) is 4.99. The normalized spacial score (nSPS) is 15.6. The highest BCUT2D eigenvalue weighted by atomic mass is 16.4. The summed E-state index contributed by atoms with van der Waals surface area (Å²) in [4.78, 5) is 35.1. The van der Waals surface area contributed by atoms with Crippen LogP contribution in [-0.4, -0.2) is 36.0 Å². The average molecular weight is 234 g/mol. The first-order chi connectivity index (χ1) is 8.09. The summed E-state index contributed by atoms with van der Waals surface area (Å²) in [7, 11) is 0. The van der Waals surface area contributed by atoms with Crippen LogP contribution in [0.1, 0.15) is 10.4 Å². The van der Waals surface area contributed by atoms with Crippen LogP contribution in [0.15, 0.2) is 24.3 Å². The number of carboxylic acid groups (broad SMARTS) is 1. The number of carbonyl (C=O) groups is 3. The van der Waals surface area contributed by atoms with Gasteiger partial charge in [0, 0.05) is 0 Å². The molecule has 1 heterocycles. The van der Waals surface area contributed by atoms with Gasteiger partial charge in [-0.15, -0.1) is 0 Å². The van der Waals surface area contributed by atoms with E-state index in [0.29, 0.717) is 0 Å². The molecule has 88 valence electrons. The van der Waals surface area contributed by atoms with E-state index in [1.54, 1.807) is 12.1 Å². The lowest BCUT2D eigenvalue weighted by atomic mass is 10.1. The minimum atomic E-state index is -1.13. The van der Waals surface area contributed by atoms with Gasteiger partial charge in [-0.25, -0.2) is 4.79 Å². The Kier molecular flexibility index (Phi) is 2.78. The predicted molar refractivity (Wildman–Crippen MR) is 58.8 cm³/mol.